The molecular formula is C12H16N4O. The summed E-state index contributed by atoms with van der Waals surface area (Å²) in [6.07, 6.45) is 0. The van der Waals surface area contributed by atoms with Gasteiger partial charge in [0.25, 0.3) is 0 Å². The number of nitrogens with one attached hydrogen (secondary N) is 1. The van der Waals surface area contributed by atoms with Crippen LogP contribution in [0.4, 0.5) is 5.82 Å². The molecule has 1 unspecified atom stereocenters. The van der Waals surface area contributed by atoms with Gasteiger partial charge in [0.05, 0.1) is 13.2 Å². The molecule has 0 amide bonds. The first kappa shape index (κ1) is 11.6. The van der Waals surface area contributed by atoms with Crippen LogP contribution >= 0.6 is 0 Å². The number of nitrogens with zero attached hydrogens (tertiary/aromatic N) is 2. The summed E-state index contributed by atoms with van der Waals surface area (Å²) in [4.78, 5) is 8.80. The fourth-order valence-electron chi connectivity index (χ4n) is 1.65. The van der Waals surface area contributed by atoms with E-state index in [9.17, 15) is 0 Å². The zero-order chi connectivity index (χ0) is 12.4. The van der Waals surface area contributed by atoms with Crippen molar-refractivity contribution in [3.8, 4) is 5.75 Å². The number of nitrogens with two attached hydrogens (primary N) is 1. The Morgan fingerprint density at radius 3 is 2.76 bits per heavy atom. The Labute approximate surface area is 100 Å². The van der Waals surface area contributed by atoms with E-state index in [0.717, 1.165) is 10.9 Å². The van der Waals surface area contributed by atoms with Gasteiger partial charge in [0.2, 0.25) is 0 Å². The molecule has 0 bridgehead atoms. The summed E-state index contributed by atoms with van der Waals surface area (Å²) < 4.78 is 5.28. The summed E-state index contributed by atoms with van der Waals surface area (Å²) in [5.41, 5.74) is 6.69. The summed E-state index contributed by atoms with van der Waals surface area (Å²) in [7, 11) is 3.48. The van der Waals surface area contributed by atoms with Crippen LogP contribution in [0, 0.1) is 0 Å². The van der Waals surface area contributed by atoms with E-state index >= 15 is 0 Å². The molecule has 0 aliphatic rings. The number of hydrogen-bond donors (Lipinski definition) is 2. The maximum Gasteiger partial charge on any atom is 0.148 e. The summed E-state index contributed by atoms with van der Waals surface area (Å²) >= 11 is 0. The van der Waals surface area contributed by atoms with Gasteiger partial charge in [-0.15, -0.1) is 0 Å². The van der Waals surface area contributed by atoms with Crippen LogP contribution in [0.5, 0.6) is 5.75 Å². The first-order valence-corrected chi connectivity index (χ1v) is 5.44. The lowest BCUT2D eigenvalue weighted by atomic mass is 10.2. The molecular weight excluding hydrogens is 216 g/mol. The molecule has 0 saturated heterocycles. The Bertz CT molecular complexity index is 541. The van der Waals surface area contributed by atoms with Crippen LogP contribution in [0.15, 0.2) is 18.2 Å². The molecule has 1 heterocycles. The van der Waals surface area contributed by atoms with Crippen molar-refractivity contribution in [3.63, 3.8) is 0 Å². The Hall–Kier alpha value is -1.88. The highest BCUT2D eigenvalue weighted by molar-refractivity contribution is 5.92. The first-order valence-electron chi connectivity index (χ1n) is 5.44. The molecule has 1 atom stereocenters. The van der Waals surface area contributed by atoms with E-state index in [1.54, 1.807) is 7.11 Å². The summed E-state index contributed by atoms with van der Waals surface area (Å²) in [6, 6.07) is 5.68. The zero-order valence-electron chi connectivity index (χ0n) is 10.2. The molecule has 5 heteroatoms. The zero-order valence-corrected chi connectivity index (χ0v) is 10.2. The largest absolute Gasteiger partial charge is 0.494 e. The molecule has 1 aromatic heterocycles. The van der Waals surface area contributed by atoms with Gasteiger partial charge in [-0.25, -0.2) is 9.97 Å². The van der Waals surface area contributed by atoms with Crippen LogP contribution in [-0.2, 0) is 0 Å². The molecule has 1 aromatic carbocycles. The van der Waals surface area contributed by atoms with Crippen molar-refractivity contribution in [2.45, 2.75) is 13.0 Å². The van der Waals surface area contributed by atoms with Gasteiger partial charge in [0, 0.05) is 5.39 Å². The normalized spacial score (nSPS) is 12.6. The molecule has 0 aliphatic heterocycles. The van der Waals surface area contributed by atoms with Crippen molar-refractivity contribution in [1.82, 2.24) is 15.3 Å². The molecule has 17 heavy (non-hydrogen) atoms. The third kappa shape index (κ3) is 2.01. The van der Waals surface area contributed by atoms with E-state index in [4.69, 9.17) is 10.5 Å². The molecule has 0 aliphatic carbocycles. The maximum atomic E-state index is 5.94. The Kier molecular flexibility index (Phi) is 3.10. The van der Waals surface area contributed by atoms with Crippen molar-refractivity contribution in [2.75, 3.05) is 19.9 Å². The van der Waals surface area contributed by atoms with E-state index in [1.807, 2.05) is 32.2 Å². The van der Waals surface area contributed by atoms with Crippen LogP contribution in [0.25, 0.3) is 10.9 Å². The first-order chi connectivity index (χ1) is 8.17. The number of anilines is 1. The fraction of sp³-hybridized carbons (Fsp3) is 0.333. The summed E-state index contributed by atoms with van der Waals surface area (Å²) in [6.45, 7) is 1.98. The molecule has 90 valence electrons. The minimum Gasteiger partial charge on any atom is -0.494 e. The predicted octanol–water partition coefficient (Wildman–Crippen LogP) is 1.50. The topological polar surface area (TPSA) is 73.1 Å². The van der Waals surface area contributed by atoms with Crippen molar-refractivity contribution < 1.29 is 4.74 Å². The third-order valence-corrected chi connectivity index (χ3v) is 2.78. The SMILES string of the molecule is CNC(C)c1nc(N)c2cccc(OC)c2n1. The average Bonchev–Trinajstić information content (AvgIpc) is 2.37. The van der Waals surface area contributed by atoms with Gasteiger partial charge in [-0.3, -0.25) is 0 Å². The number of methoxy groups -OCH3 is 1. The number of aromatic nitrogens is 2. The van der Waals surface area contributed by atoms with Gasteiger partial charge in [-0.05, 0) is 26.1 Å². The average molecular weight is 232 g/mol. The number of nitrogen functional groups attached to an aromatic ring is 1. The highest BCUT2D eigenvalue weighted by atomic mass is 16.5. The van der Waals surface area contributed by atoms with Crippen LogP contribution in [-0.4, -0.2) is 24.1 Å². The lowest BCUT2D eigenvalue weighted by molar-refractivity contribution is 0.418. The molecule has 2 rings (SSSR count). The van der Waals surface area contributed by atoms with Crippen molar-refractivity contribution >= 4 is 16.7 Å². The number of ether oxygens (including phenoxy) is 1. The lowest BCUT2D eigenvalue weighted by Gasteiger charge is -2.12. The predicted molar refractivity (Wildman–Crippen MR) is 68.0 cm³/mol. The van der Waals surface area contributed by atoms with E-state index in [0.29, 0.717) is 17.4 Å². The lowest BCUT2D eigenvalue weighted by Crippen LogP contribution is -2.16. The highest BCUT2D eigenvalue weighted by Gasteiger charge is 2.12. The van der Waals surface area contributed by atoms with Crippen LogP contribution in [0.2, 0.25) is 0 Å². The van der Waals surface area contributed by atoms with Gasteiger partial charge >= 0.3 is 0 Å². The fourth-order valence-corrected chi connectivity index (χ4v) is 1.65. The second-order valence-electron chi connectivity index (χ2n) is 3.83. The van der Waals surface area contributed by atoms with Crippen LogP contribution in [0.1, 0.15) is 18.8 Å². The number of hydrogen-bond acceptors (Lipinski definition) is 5. The smallest absolute Gasteiger partial charge is 0.148 e. The highest BCUT2D eigenvalue weighted by Crippen LogP contribution is 2.27. The Balaban J connectivity index is 2.69. The van der Waals surface area contributed by atoms with Crippen molar-refractivity contribution in [3.05, 3.63) is 24.0 Å². The molecule has 0 spiro atoms. The van der Waals surface area contributed by atoms with Gasteiger partial charge in [0.1, 0.15) is 22.9 Å². The van der Waals surface area contributed by atoms with Gasteiger partial charge < -0.3 is 15.8 Å². The van der Waals surface area contributed by atoms with E-state index in [2.05, 4.69) is 15.3 Å². The monoisotopic (exact) mass is 232 g/mol. The summed E-state index contributed by atoms with van der Waals surface area (Å²) in [5.74, 6) is 1.86. The third-order valence-electron chi connectivity index (χ3n) is 2.78. The number of benzene rings is 1. The quantitative estimate of drug-likeness (QED) is 0.839. The molecule has 0 radical (unpaired) electrons. The molecule has 5 nitrogen and oxygen atoms in total. The van der Waals surface area contributed by atoms with Gasteiger partial charge in [-0.2, -0.15) is 0 Å². The van der Waals surface area contributed by atoms with Crippen molar-refractivity contribution in [2.24, 2.45) is 0 Å². The Morgan fingerprint density at radius 1 is 1.35 bits per heavy atom. The molecule has 0 fully saturated rings. The molecule has 0 saturated carbocycles. The second kappa shape index (κ2) is 4.55. The molecule has 2 aromatic rings. The van der Waals surface area contributed by atoms with Crippen molar-refractivity contribution in [1.29, 1.82) is 0 Å². The minimum atomic E-state index is 0.0478. The Morgan fingerprint density at radius 2 is 2.12 bits per heavy atom. The number of rotatable bonds is 3. The minimum absolute atomic E-state index is 0.0478. The van der Waals surface area contributed by atoms with E-state index in [1.165, 1.54) is 0 Å². The standard InChI is InChI=1S/C12H16N4O/c1-7(14-2)12-15-10-8(11(13)16-12)5-4-6-9(10)17-3/h4-7,14H,1-3H3,(H2,13,15,16). The number of fused-ring (bicyclic) bond motifs is 1. The van der Waals surface area contributed by atoms with Gasteiger partial charge in [0.15, 0.2) is 0 Å². The molecule has 3 N–H and O–H groups in total. The number of para-hydroxylation sites is 1. The van der Waals surface area contributed by atoms with E-state index < -0.39 is 0 Å². The van der Waals surface area contributed by atoms with Crippen LogP contribution < -0.4 is 15.8 Å². The van der Waals surface area contributed by atoms with Gasteiger partial charge in [-0.1, -0.05) is 6.07 Å². The van der Waals surface area contributed by atoms with Crippen LogP contribution in [0.3, 0.4) is 0 Å². The summed E-state index contributed by atoms with van der Waals surface area (Å²) in [5, 5.41) is 3.91. The van der Waals surface area contributed by atoms with E-state index in [-0.39, 0.29) is 6.04 Å². The second-order valence-corrected chi connectivity index (χ2v) is 3.83. The maximum absolute atomic E-state index is 5.94.